The average Bonchev–Trinajstić information content (AvgIpc) is 0.783. The van der Waals surface area contributed by atoms with Gasteiger partial charge in [0.25, 0.3) is 0 Å². The van der Waals surface area contributed by atoms with Gasteiger partial charge in [0.2, 0.25) is 35.4 Å². The third-order valence-electron chi connectivity index (χ3n) is 24.7. The van der Waals surface area contributed by atoms with Crippen molar-refractivity contribution < 1.29 is 227 Å². The Kier molecular flexibility index (Phi) is 52.6. The Morgan fingerprint density at radius 1 is 0.290 bits per heavy atom. The van der Waals surface area contributed by atoms with Crippen LogP contribution in [0.5, 0.6) is 0 Å². The average molecular weight is 2000 g/mol. The molecule has 0 aromatic carbocycles. The zero-order valence-electron chi connectivity index (χ0n) is 77.1. The molecular formula is C85H147N7O46. The predicted molar refractivity (Wildman–Crippen MR) is 459 cm³/mol. The number of hydrogen-bond acceptors (Lipinski definition) is 47. The molecule has 138 heavy (non-hydrogen) atoms. The number of carbonyl (C=O) groups excluding carboxylic acids is 9. The van der Waals surface area contributed by atoms with Crippen LogP contribution in [-0.4, -0.2) is 489 Å². The minimum atomic E-state index is -2.03. The van der Waals surface area contributed by atoms with Gasteiger partial charge in [-0.2, -0.15) is 0 Å². The Morgan fingerprint density at radius 3 is 1.03 bits per heavy atom. The minimum Gasteiger partial charge on any atom is -0.394 e. The Hall–Kier alpha value is -5.69. The molecule has 0 unspecified atom stereocenters. The van der Waals surface area contributed by atoms with Gasteiger partial charge in [-0.25, -0.2) is 0 Å². The van der Waals surface area contributed by atoms with E-state index in [0.717, 1.165) is 0 Å². The number of nitrogens with two attached hydrogens (primary N) is 1. The van der Waals surface area contributed by atoms with E-state index in [1.54, 1.807) is 0 Å². The molecule has 0 spiro atoms. The molecule has 31 N–H and O–H groups in total. The number of carbonyl (C=O) groups is 9. The van der Waals surface area contributed by atoms with Crippen LogP contribution >= 0.6 is 0 Å². The molecule has 38 atom stereocenters. The van der Waals surface area contributed by atoms with E-state index in [0.29, 0.717) is 57.9 Å². The normalized spacial score (nSPS) is 35.7. The van der Waals surface area contributed by atoms with Crippen molar-refractivity contribution in [2.45, 2.75) is 395 Å². The van der Waals surface area contributed by atoms with Crippen LogP contribution in [0.15, 0.2) is 0 Å². The number of unbranched alkanes of at least 4 members (excludes halogenated alkanes) is 7. The van der Waals surface area contributed by atoms with Gasteiger partial charge in [0, 0.05) is 71.0 Å². The van der Waals surface area contributed by atoms with Crippen LogP contribution in [0.25, 0.3) is 0 Å². The molecule has 0 aliphatic carbocycles. The minimum absolute atomic E-state index is 0.00540. The summed E-state index contributed by atoms with van der Waals surface area (Å²) in [5.41, 5.74) is 5.59. The van der Waals surface area contributed by atoms with E-state index in [1.165, 1.54) is 13.8 Å². The number of aliphatic hydroxyl groups is 23. The molecule has 0 aromatic heterocycles. The van der Waals surface area contributed by atoms with Gasteiger partial charge in [-0.05, 0) is 97.4 Å². The summed E-state index contributed by atoms with van der Waals surface area (Å²) in [6.07, 6.45) is -57.5. The molecule has 6 amide bonds. The molecule has 7 aliphatic rings. The number of rotatable bonds is 61. The highest BCUT2D eigenvalue weighted by Gasteiger charge is 2.56. The number of nitrogens with one attached hydrogen (secondary N) is 6. The maximum absolute atomic E-state index is 13.9. The van der Waals surface area contributed by atoms with Crippen LogP contribution in [0.3, 0.4) is 0 Å². The first kappa shape index (κ1) is 119. The van der Waals surface area contributed by atoms with Gasteiger partial charge in [0.05, 0.1) is 71.6 Å². The van der Waals surface area contributed by atoms with E-state index < -0.39 is 314 Å². The summed E-state index contributed by atoms with van der Waals surface area (Å²) in [5.74, 6) is -4.38. The van der Waals surface area contributed by atoms with Gasteiger partial charge in [-0.1, -0.05) is 19.3 Å². The Balaban J connectivity index is 0.885. The third-order valence-corrected chi connectivity index (χ3v) is 24.7. The quantitative estimate of drug-likeness (QED) is 0.0251. The number of hydrogen-bond donors (Lipinski definition) is 30. The van der Waals surface area contributed by atoms with Gasteiger partial charge >= 0.3 is 0 Å². The molecular weight excluding hydrogens is 1850 g/mol. The van der Waals surface area contributed by atoms with Crippen molar-refractivity contribution in [1.82, 2.24) is 31.9 Å². The molecule has 798 valence electrons. The zero-order valence-corrected chi connectivity index (χ0v) is 77.1. The highest BCUT2D eigenvalue weighted by atomic mass is 16.8. The monoisotopic (exact) mass is 2000 g/mol. The number of Topliss-reactive ketones (excluding diaryl/α,β-unsaturated/α-hetero) is 3. The van der Waals surface area contributed by atoms with Crippen molar-refractivity contribution in [3.8, 4) is 0 Å². The van der Waals surface area contributed by atoms with Gasteiger partial charge in [-0.15, -0.1) is 0 Å². The molecule has 0 bridgehead atoms. The molecule has 0 saturated carbocycles. The van der Waals surface area contributed by atoms with Crippen LogP contribution in [0.1, 0.15) is 162 Å². The predicted octanol–water partition coefficient (Wildman–Crippen LogP) is -13.8. The van der Waals surface area contributed by atoms with Crippen molar-refractivity contribution in [1.29, 1.82) is 0 Å². The molecule has 53 nitrogen and oxygen atoms in total. The van der Waals surface area contributed by atoms with Crippen LogP contribution in [0.4, 0.5) is 0 Å². The van der Waals surface area contributed by atoms with Crippen molar-refractivity contribution in [3.05, 3.63) is 0 Å². The third kappa shape index (κ3) is 36.2. The second-order valence-electron chi connectivity index (χ2n) is 35.4. The Labute approximate surface area is 794 Å². The van der Waals surface area contributed by atoms with Gasteiger partial charge in [0.15, 0.2) is 49.8 Å². The largest absolute Gasteiger partial charge is 0.394 e. The second-order valence-corrected chi connectivity index (χ2v) is 35.4. The fraction of sp³-hybridized carbons (Fsp3) is 0.894. The first-order valence-corrected chi connectivity index (χ1v) is 47.0. The number of ether oxygens (including phenoxy) is 14. The van der Waals surface area contributed by atoms with Crippen LogP contribution in [0.2, 0.25) is 0 Å². The van der Waals surface area contributed by atoms with Crippen LogP contribution in [0, 0.1) is 0 Å². The highest BCUT2D eigenvalue weighted by molar-refractivity contribution is 5.90. The van der Waals surface area contributed by atoms with Crippen molar-refractivity contribution >= 4 is 52.8 Å². The smallest absolute Gasteiger partial charge is 0.242 e. The van der Waals surface area contributed by atoms with Crippen molar-refractivity contribution in [2.24, 2.45) is 5.73 Å². The lowest BCUT2D eigenvalue weighted by molar-refractivity contribution is -0.366. The Bertz CT molecular complexity index is 3620. The van der Waals surface area contributed by atoms with Gasteiger partial charge in [-0.3, -0.25) is 43.2 Å². The summed E-state index contributed by atoms with van der Waals surface area (Å²) < 4.78 is 78.4. The van der Waals surface area contributed by atoms with Crippen molar-refractivity contribution in [2.75, 3.05) is 85.6 Å². The summed E-state index contributed by atoms with van der Waals surface area (Å²) in [4.78, 5) is 120. The molecule has 53 heteroatoms. The van der Waals surface area contributed by atoms with E-state index in [4.69, 9.17) is 72.0 Å². The molecule has 7 fully saturated rings. The summed E-state index contributed by atoms with van der Waals surface area (Å²) in [6.45, 7) is -3.06. The summed E-state index contributed by atoms with van der Waals surface area (Å²) in [7, 11) is 0. The molecule has 7 aliphatic heterocycles. The highest BCUT2D eigenvalue weighted by Crippen LogP contribution is 2.35. The lowest BCUT2D eigenvalue weighted by Gasteiger charge is -2.46. The number of ketones is 3. The fourth-order valence-corrected chi connectivity index (χ4v) is 16.2. The fourth-order valence-electron chi connectivity index (χ4n) is 16.2. The lowest BCUT2D eigenvalue weighted by Crippen LogP contribution is -2.65. The summed E-state index contributed by atoms with van der Waals surface area (Å²) in [6, 6.07) is -3.27. The van der Waals surface area contributed by atoms with E-state index in [-0.39, 0.29) is 147 Å². The number of aliphatic hydroxyl groups excluding tert-OH is 23. The molecule has 7 heterocycles. The van der Waals surface area contributed by atoms with Gasteiger partial charge < -0.3 is 221 Å². The van der Waals surface area contributed by atoms with E-state index in [1.807, 2.05) is 0 Å². The van der Waals surface area contributed by atoms with Crippen LogP contribution in [-0.2, 0) is 109 Å². The standard InChI is InChI=1S/C85H147N7O46/c1-39(97)43(17-11-12-26-86)90-53(101)20-9-10-21-55(103)91-44(24-22-41(98)15-6-3-4-7-18-52(100)87-28-31-127-83-74(122)76(138-85-72(120)67(115)60(108)49(36-96)134-85)62(110)51(136-83)38-129-81-70(118)65(113)58(106)47(34-94)132-81)77(123)88-27-13-5-8-19-54(102)92-45(78(124)89-29-32-126-79-68(116)63(111)56(104)40(2)130-79)25-23-42(99)16-14-30-125-82-73(121)75(137-84-71(119)66(114)59(107)48(35-95)133-84)61(109)50(135-82)37-128-80-69(117)64(112)57(105)46(33-93)131-80/h40,43-51,56-76,79-85,93-96,104-122H,3-38,86H2,1-2H3,(H,87,100)(H,88,123)(H,89,124)(H,90,101)(H,91,103)(H,92,102)/t40-,43-,44-,45-,46+,47+,48+,49+,50+,51+,56+,57+,58+,59+,60+,61+,62+,63+,64-,65-,66-,67-,68-,69-,70-,71-,72-,73-,74-,75-,76-,79+,80-,81-,82-,83-,84+,85+/m0/s1. The first-order valence-electron chi connectivity index (χ1n) is 47.0. The summed E-state index contributed by atoms with van der Waals surface area (Å²) in [5, 5.41) is 257. The number of amides is 6. The van der Waals surface area contributed by atoms with E-state index in [9.17, 15) is 161 Å². The van der Waals surface area contributed by atoms with Crippen molar-refractivity contribution in [3.63, 3.8) is 0 Å². The second kappa shape index (κ2) is 60.9. The Morgan fingerprint density at radius 2 is 0.616 bits per heavy atom. The van der Waals surface area contributed by atoms with E-state index >= 15 is 0 Å². The zero-order chi connectivity index (χ0) is 102. The van der Waals surface area contributed by atoms with E-state index in [2.05, 4.69) is 31.9 Å². The molecule has 0 aromatic rings. The topological polar surface area (TPSA) is 846 Å². The SMILES string of the molecule is CC(=O)[C@H](CCCCN)NC(=O)CCCCC(=O)N[C@@H](CCC(=O)CCCCCCC(=O)NCCO[C@H]1O[C@H](CO[C@H]2O[C@H](CO)[C@@H](O)[C@H](O)[C@@H]2O)[C@@H](O)[C@H](O[C@H]2O[C@H](CO)[C@@H](O)[C@H](O)[C@@H]2O)[C@@H]1O)C(=O)NCCCCCC(=O)N[C@@H](CCC(=O)CCCO[C@H]1O[C@H](CO[C@H]2O[C@H](CO)[C@@H](O)[C@H](O)[C@@H]2O)[C@@H](O)[C@H](O[C@H]2O[C@H](CO)[C@@H](O)[C@H](O)[C@@H]2O)[C@@H]1O)C(=O)NCCO[C@@H]1O[C@@H](C)[C@@H](O)[C@@H](O)[C@@H]1O. The summed E-state index contributed by atoms with van der Waals surface area (Å²) >= 11 is 0. The van der Waals surface area contributed by atoms with Crippen LogP contribution < -0.4 is 37.6 Å². The molecule has 0 radical (unpaired) electrons. The maximum Gasteiger partial charge on any atom is 0.242 e. The first-order chi connectivity index (χ1) is 65.7. The molecule has 7 saturated heterocycles. The molecule has 7 rings (SSSR count). The van der Waals surface area contributed by atoms with Gasteiger partial charge in [0.1, 0.15) is 188 Å². The maximum atomic E-state index is 13.9. The lowest BCUT2D eigenvalue weighted by atomic mass is 9.96.